The summed E-state index contributed by atoms with van der Waals surface area (Å²) in [5.41, 5.74) is 1.24. The van der Waals surface area contributed by atoms with Gasteiger partial charge in [-0.05, 0) is 49.0 Å². The molecule has 1 saturated heterocycles. The minimum atomic E-state index is 0.534. The van der Waals surface area contributed by atoms with Crippen molar-refractivity contribution >= 4 is 0 Å². The van der Waals surface area contributed by atoms with E-state index in [0.29, 0.717) is 10.8 Å². The molecule has 1 spiro atoms. The maximum Gasteiger partial charge on any atom is 0.000839 e. The van der Waals surface area contributed by atoms with Crippen molar-refractivity contribution in [3.8, 4) is 0 Å². The zero-order chi connectivity index (χ0) is 9.53. The summed E-state index contributed by atoms with van der Waals surface area (Å²) in [5.74, 6) is 0.965. The highest BCUT2D eigenvalue weighted by molar-refractivity contribution is 4.97. The number of hydrogen-bond acceptors (Lipinski definition) is 1. The van der Waals surface area contributed by atoms with Gasteiger partial charge in [0.2, 0.25) is 0 Å². The molecule has 0 aromatic rings. The molecule has 2 rings (SSSR count). The first-order valence-electron chi connectivity index (χ1n) is 5.73. The van der Waals surface area contributed by atoms with Crippen molar-refractivity contribution in [2.24, 2.45) is 16.7 Å². The van der Waals surface area contributed by atoms with Crippen LogP contribution in [0, 0.1) is 16.7 Å². The Morgan fingerprint density at radius 1 is 1.23 bits per heavy atom. The summed E-state index contributed by atoms with van der Waals surface area (Å²) in [6, 6.07) is 0. The standard InChI is InChI=1S/C12H23N/c1-11(2,3)10-4-5-12(8-10)6-7-13-9-12/h10,13H,4-9H2,1-3H3. The molecule has 1 N–H and O–H groups in total. The third-order valence-corrected chi connectivity index (χ3v) is 4.26. The Kier molecular flexibility index (Phi) is 2.18. The normalized spacial score (nSPS) is 40.4. The number of rotatable bonds is 0. The van der Waals surface area contributed by atoms with Crippen LogP contribution in [0.3, 0.4) is 0 Å². The fourth-order valence-electron chi connectivity index (χ4n) is 3.13. The Hall–Kier alpha value is -0.0400. The number of hydrogen-bond donors (Lipinski definition) is 1. The molecule has 0 amide bonds. The summed E-state index contributed by atoms with van der Waals surface area (Å²) in [4.78, 5) is 0. The lowest BCUT2D eigenvalue weighted by molar-refractivity contribution is 0.216. The van der Waals surface area contributed by atoms with Crippen LogP contribution in [-0.2, 0) is 0 Å². The molecule has 76 valence electrons. The first-order valence-corrected chi connectivity index (χ1v) is 5.73. The van der Waals surface area contributed by atoms with E-state index >= 15 is 0 Å². The molecule has 2 unspecified atom stereocenters. The topological polar surface area (TPSA) is 12.0 Å². The predicted octanol–water partition coefficient (Wildman–Crippen LogP) is 2.81. The molecule has 0 aromatic carbocycles. The van der Waals surface area contributed by atoms with Crippen LogP contribution >= 0.6 is 0 Å². The molecule has 0 bridgehead atoms. The highest BCUT2D eigenvalue weighted by Gasteiger charge is 2.44. The van der Waals surface area contributed by atoms with Crippen LogP contribution in [0.1, 0.15) is 46.5 Å². The van der Waals surface area contributed by atoms with Crippen molar-refractivity contribution in [2.45, 2.75) is 46.5 Å². The summed E-state index contributed by atoms with van der Waals surface area (Å²) < 4.78 is 0. The van der Waals surface area contributed by atoms with Gasteiger partial charge < -0.3 is 5.32 Å². The van der Waals surface area contributed by atoms with Crippen LogP contribution in [0.15, 0.2) is 0 Å². The average Bonchev–Trinajstić information content (AvgIpc) is 2.60. The van der Waals surface area contributed by atoms with E-state index < -0.39 is 0 Å². The predicted molar refractivity (Wildman–Crippen MR) is 56.7 cm³/mol. The number of nitrogens with one attached hydrogen (secondary N) is 1. The van der Waals surface area contributed by atoms with Crippen molar-refractivity contribution in [1.82, 2.24) is 5.32 Å². The molecule has 1 nitrogen and oxygen atoms in total. The lowest BCUT2D eigenvalue weighted by atomic mass is 9.76. The molecule has 1 heterocycles. The molecule has 1 saturated carbocycles. The van der Waals surface area contributed by atoms with E-state index in [9.17, 15) is 0 Å². The Morgan fingerprint density at radius 3 is 2.46 bits per heavy atom. The van der Waals surface area contributed by atoms with Gasteiger partial charge in [0.1, 0.15) is 0 Å². The zero-order valence-corrected chi connectivity index (χ0v) is 9.32. The van der Waals surface area contributed by atoms with E-state index in [4.69, 9.17) is 0 Å². The second kappa shape index (κ2) is 2.98. The van der Waals surface area contributed by atoms with Crippen LogP contribution < -0.4 is 5.32 Å². The lowest BCUT2D eigenvalue weighted by Crippen LogP contribution is -2.23. The van der Waals surface area contributed by atoms with Gasteiger partial charge in [-0.1, -0.05) is 20.8 Å². The summed E-state index contributed by atoms with van der Waals surface area (Å²) in [7, 11) is 0. The summed E-state index contributed by atoms with van der Waals surface area (Å²) in [6.07, 6.45) is 5.84. The third kappa shape index (κ3) is 1.76. The first-order chi connectivity index (χ1) is 6.02. The molecular formula is C12H23N. The van der Waals surface area contributed by atoms with E-state index in [-0.39, 0.29) is 0 Å². The van der Waals surface area contributed by atoms with Crippen LogP contribution in [0.25, 0.3) is 0 Å². The second-order valence-corrected chi connectivity index (χ2v) is 6.23. The van der Waals surface area contributed by atoms with Crippen molar-refractivity contribution in [3.05, 3.63) is 0 Å². The Bertz CT molecular complexity index is 184. The van der Waals surface area contributed by atoms with Crippen molar-refractivity contribution in [2.75, 3.05) is 13.1 Å². The largest absolute Gasteiger partial charge is 0.316 e. The highest BCUT2D eigenvalue weighted by atomic mass is 14.9. The van der Waals surface area contributed by atoms with Gasteiger partial charge in [0.25, 0.3) is 0 Å². The molecule has 1 aliphatic carbocycles. The monoisotopic (exact) mass is 181 g/mol. The SMILES string of the molecule is CC(C)(C)C1CCC2(CCNC2)C1. The molecule has 2 fully saturated rings. The maximum absolute atomic E-state index is 3.53. The first kappa shape index (κ1) is 9.51. The van der Waals surface area contributed by atoms with E-state index in [1.807, 2.05) is 0 Å². The minimum Gasteiger partial charge on any atom is -0.316 e. The van der Waals surface area contributed by atoms with E-state index in [2.05, 4.69) is 26.1 Å². The van der Waals surface area contributed by atoms with Crippen LogP contribution in [0.5, 0.6) is 0 Å². The van der Waals surface area contributed by atoms with Gasteiger partial charge in [-0.3, -0.25) is 0 Å². The molecule has 0 aromatic heterocycles. The molecule has 2 aliphatic rings. The van der Waals surface area contributed by atoms with Crippen molar-refractivity contribution in [3.63, 3.8) is 0 Å². The van der Waals surface area contributed by atoms with Gasteiger partial charge in [0.15, 0.2) is 0 Å². The molecule has 1 heteroatoms. The average molecular weight is 181 g/mol. The van der Waals surface area contributed by atoms with E-state index in [0.717, 1.165) is 5.92 Å². The Labute approximate surface area is 82.3 Å². The molecule has 13 heavy (non-hydrogen) atoms. The van der Waals surface area contributed by atoms with Crippen LogP contribution in [0.4, 0.5) is 0 Å². The van der Waals surface area contributed by atoms with Gasteiger partial charge in [0.05, 0.1) is 0 Å². The van der Waals surface area contributed by atoms with E-state index in [1.165, 1.54) is 38.8 Å². The quantitative estimate of drug-likeness (QED) is 0.606. The highest BCUT2D eigenvalue weighted by Crippen LogP contribution is 2.51. The zero-order valence-electron chi connectivity index (χ0n) is 9.32. The summed E-state index contributed by atoms with van der Waals surface area (Å²) in [6.45, 7) is 9.76. The van der Waals surface area contributed by atoms with Gasteiger partial charge >= 0.3 is 0 Å². The van der Waals surface area contributed by atoms with Crippen LogP contribution in [-0.4, -0.2) is 13.1 Å². The van der Waals surface area contributed by atoms with Crippen molar-refractivity contribution < 1.29 is 0 Å². The lowest BCUT2D eigenvalue weighted by Gasteiger charge is -2.29. The minimum absolute atomic E-state index is 0.534. The second-order valence-electron chi connectivity index (χ2n) is 6.23. The van der Waals surface area contributed by atoms with Crippen LogP contribution in [0.2, 0.25) is 0 Å². The summed E-state index contributed by atoms with van der Waals surface area (Å²) in [5, 5.41) is 3.53. The molecule has 1 aliphatic heterocycles. The molecule has 0 radical (unpaired) electrons. The maximum atomic E-state index is 3.53. The third-order valence-electron chi connectivity index (χ3n) is 4.26. The van der Waals surface area contributed by atoms with E-state index in [1.54, 1.807) is 0 Å². The Morgan fingerprint density at radius 2 is 2.00 bits per heavy atom. The fourth-order valence-corrected chi connectivity index (χ4v) is 3.13. The Balaban J connectivity index is 2.01. The molecular weight excluding hydrogens is 158 g/mol. The summed E-state index contributed by atoms with van der Waals surface area (Å²) >= 11 is 0. The van der Waals surface area contributed by atoms with Gasteiger partial charge in [-0.25, -0.2) is 0 Å². The van der Waals surface area contributed by atoms with Crippen molar-refractivity contribution in [1.29, 1.82) is 0 Å². The smallest absolute Gasteiger partial charge is 0.000839 e. The fraction of sp³-hybridized carbons (Fsp3) is 1.00. The molecule has 2 atom stereocenters. The van der Waals surface area contributed by atoms with Gasteiger partial charge in [0, 0.05) is 6.54 Å². The van der Waals surface area contributed by atoms with Gasteiger partial charge in [-0.2, -0.15) is 0 Å². The van der Waals surface area contributed by atoms with Gasteiger partial charge in [-0.15, -0.1) is 0 Å².